The topological polar surface area (TPSA) is 32.7 Å². The van der Waals surface area contributed by atoms with Crippen LogP contribution in [0.4, 0.5) is 5.69 Å². The Bertz CT molecular complexity index is 1410. The van der Waals surface area contributed by atoms with Crippen LogP contribution in [0.25, 0.3) is 0 Å². The molecule has 0 amide bonds. The summed E-state index contributed by atoms with van der Waals surface area (Å²) < 4.78 is 0. The third-order valence-corrected chi connectivity index (χ3v) is 7.26. The fourth-order valence-electron chi connectivity index (χ4n) is 5.40. The third kappa shape index (κ3) is 3.12. The molecule has 3 nitrogen and oxygen atoms in total. The zero-order valence-corrected chi connectivity index (χ0v) is 19.5. The van der Waals surface area contributed by atoms with E-state index in [-0.39, 0.29) is 11.7 Å². The molecular formula is C30H23ClN2O. The Morgan fingerprint density at radius 2 is 1.53 bits per heavy atom. The number of halogens is 1. The van der Waals surface area contributed by atoms with Crippen LogP contribution in [0.3, 0.4) is 0 Å². The minimum Gasteiger partial charge on any atom is -0.291 e. The van der Waals surface area contributed by atoms with Gasteiger partial charge in [0.15, 0.2) is 5.78 Å². The molecule has 34 heavy (non-hydrogen) atoms. The van der Waals surface area contributed by atoms with Crippen molar-refractivity contribution in [3.8, 4) is 0 Å². The number of benzene rings is 4. The first-order valence-corrected chi connectivity index (χ1v) is 11.8. The number of aryl methyl sites for hydroxylation is 1. The van der Waals surface area contributed by atoms with Gasteiger partial charge in [0.25, 0.3) is 0 Å². The van der Waals surface area contributed by atoms with Crippen molar-refractivity contribution in [2.24, 2.45) is 5.10 Å². The number of ketones is 1. The van der Waals surface area contributed by atoms with Crippen molar-refractivity contribution < 1.29 is 4.79 Å². The molecule has 2 aliphatic rings. The van der Waals surface area contributed by atoms with Crippen LogP contribution >= 0.6 is 11.6 Å². The molecule has 4 heteroatoms. The van der Waals surface area contributed by atoms with Crippen LogP contribution in [0.2, 0.25) is 5.02 Å². The molecule has 0 fully saturated rings. The van der Waals surface area contributed by atoms with Crippen LogP contribution in [-0.2, 0) is 6.42 Å². The van der Waals surface area contributed by atoms with E-state index in [1.165, 1.54) is 5.56 Å². The number of anilines is 1. The maximum absolute atomic E-state index is 14.4. The molecule has 4 aromatic rings. The molecule has 0 unspecified atom stereocenters. The van der Waals surface area contributed by atoms with E-state index in [1.54, 1.807) is 0 Å². The monoisotopic (exact) mass is 462 g/mol. The Hall–Kier alpha value is -3.69. The van der Waals surface area contributed by atoms with Crippen molar-refractivity contribution in [3.05, 3.63) is 136 Å². The molecule has 1 heterocycles. The number of carbonyl (C=O) groups excluding carboxylic acids is 1. The number of hydrogen-bond donors (Lipinski definition) is 0. The molecule has 0 radical (unpaired) electrons. The number of Topliss-reactive ketones (excluding diaryl/α,β-unsaturated/α-hetero) is 1. The maximum atomic E-state index is 14.4. The largest absolute Gasteiger partial charge is 0.291 e. The number of rotatable bonds is 3. The van der Waals surface area contributed by atoms with Crippen LogP contribution in [0.5, 0.6) is 0 Å². The molecular weight excluding hydrogens is 440 g/mol. The zero-order valence-electron chi connectivity index (χ0n) is 18.8. The molecule has 1 aliphatic carbocycles. The summed E-state index contributed by atoms with van der Waals surface area (Å²) in [4.78, 5) is 14.4. The normalized spacial score (nSPS) is 21.1. The summed E-state index contributed by atoms with van der Waals surface area (Å²) in [5.41, 5.74) is 5.97. The Balaban J connectivity index is 1.63. The lowest BCUT2D eigenvalue weighted by Crippen LogP contribution is -2.53. The number of hydrazone groups is 1. The van der Waals surface area contributed by atoms with Gasteiger partial charge in [0.05, 0.1) is 17.3 Å². The highest BCUT2D eigenvalue weighted by Crippen LogP contribution is 2.51. The van der Waals surface area contributed by atoms with Gasteiger partial charge in [-0.3, -0.25) is 4.79 Å². The number of fused-ring (bicyclic) bond motifs is 1. The maximum Gasteiger partial charge on any atom is 0.192 e. The fourth-order valence-corrected chi connectivity index (χ4v) is 5.53. The first kappa shape index (κ1) is 20.9. The standard InChI is InChI=1S/C30H23ClN2O/c1-20-11-17-25(18-12-20)33-30(19-23-9-5-6-10-26(23)29(30)34)27(21-13-15-24(31)16-14-21)28(32-33)22-7-3-2-4-8-22/h2-18,27H,19H2,1H3/t27-,30-/m0/s1. The lowest BCUT2D eigenvalue weighted by molar-refractivity contribution is 0.0899. The molecule has 0 saturated heterocycles. The van der Waals surface area contributed by atoms with Crippen LogP contribution in [0, 0.1) is 6.92 Å². The van der Waals surface area contributed by atoms with Gasteiger partial charge in [0, 0.05) is 17.0 Å². The second-order valence-electron chi connectivity index (χ2n) is 9.07. The highest BCUT2D eigenvalue weighted by molar-refractivity contribution is 6.30. The van der Waals surface area contributed by atoms with Crippen molar-refractivity contribution in [2.75, 3.05) is 5.01 Å². The van der Waals surface area contributed by atoms with E-state index in [1.807, 2.05) is 65.7 Å². The average Bonchev–Trinajstić information content (AvgIpc) is 3.36. The van der Waals surface area contributed by atoms with E-state index in [0.717, 1.165) is 33.7 Å². The van der Waals surface area contributed by atoms with Gasteiger partial charge in [-0.2, -0.15) is 5.10 Å². The van der Waals surface area contributed by atoms with Crippen molar-refractivity contribution in [2.45, 2.75) is 24.8 Å². The Labute approximate surface area is 204 Å². The second kappa shape index (κ2) is 7.96. The lowest BCUT2D eigenvalue weighted by atomic mass is 9.72. The predicted molar refractivity (Wildman–Crippen MR) is 138 cm³/mol. The number of hydrogen-bond acceptors (Lipinski definition) is 3. The van der Waals surface area contributed by atoms with E-state index in [2.05, 4.69) is 49.4 Å². The van der Waals surface area contributed by atoms with Crippen LogP contribution < -0.4 is 5.01 Å². The minimum absolute atomic E-state index is 0.110. The Morgan fingerprint density at radius 3 is 2.24 bits per heavy atom. The van der Waals surface area contributed by atoms with Crippen molar-refractivity contribution in [1.29, 1.82) is 0 Å². The molecule has 0 saturated carbocycles. The fraction of sp³-hybridized carbons (Fsp3) is 0.133. The van der Waals surface area contributed by atoms with E-state index in [9.17, 15) is 4.79 Å². The summed E-state index contributed by atoms with van der Waals surface area (Å²) in [6.07, 6.45) is 0.586. The number of carbonyl (C=O) groups is 1. The molecule has 1 spiro atoms. The summed E-state index contributed by atoms with van der Waals surface area (Å²) in [5, 5.41) is 7.86. The van der Waals surface area contributed by atoms with Gasteiger partial charge in [-0.05, 0) is 47.9 Å². The molecule has 166 valence electrons. The number of nitrogens with zero attached hydrogens (tertiary/aromatic N) is 2. The first-order chi connectivity index (χ1) is 16.6. The molecule has 0 N–H and O–H groups in total. The molecule has 1 aliphatic heterocycles. The SMILES string of the molecule is Cc1ccc(N2N=C(c3ccccc3)[C@H](c3ccc(Cl)cc3)[C@]23Cc2ccccc2C3=O)cc1. The summed E-state index contributed by atoms with van der Waals surface area (Å²) >= 11 is 6.26. The van der Waals surface area contributed by atoms with Crippen molar-refractivity contribution >= 4 is 28.8 Å². The third-order valence-electron chi connectivity index (χ3n) is 7.00. The highest BCUT2D eigenvalue weighted by atomic mass is 35.5. The van der Waals surface area contributed by atoms with Crippen LogP contribution in [0.15, 0.2) is 108 Å². The highest BCUT2D eigenvalue weighted by Gasteiger charge is 2.61. The first-order valence-electron chi connectivity index (χ1n) is 11.5. The molecule has 6 rings (SSSR count). The predicted octanol–water partition coefficient (Wildman–Crippen LogP) is 6.83. The van der Waals surface area contributed by atoms with Gasteiger partial charge in [-0.1, -0.05) is 96.0 Å². The summed E-state index contributed by atoms with van der Waals surface area (Å²) in [6, 6.07) is 34.2. The van der Waals surface area contributed by atoms with Crippen LogP contribution in [0.1, 0.15) is 38.5 Å². The van der Waals surface area contributed by atoms with Crippen LogP contribution in [-0.4, -0.2) is 17.0 Å². The molecule has 0 aromatic heterocycles. The van der Waals surface area contributed by atoms with Gasteiger partial charge >= 0.3 is 0 Å². The summed E-state index contributed by atoms with van der Waals surface area (Å²) in [6.45, 7) is 2.06. The van der Waals surface area contributed by atoms with Gasteiger partial charge in [0.2, 0.25) is 0 Å². The van der Waals surface area contributed by atoms with E-state index < -0.39 is 5.54 Å². The van der Waals surface area contributed by atoms with Gasteiger partial charge in [-0.15, -0.1) is 0 Å². The molecule has 0 bridgehead atoms. The average molecular weight is 463 g/mol. The van der Waals surface area contributed by atoms with E-state index >= 15 is 0 Å². The lowest BCUT2D eigenvalue weighted by Gasteiger charge is -2.37. The zero-order chi connectivity index (χ0) is 23.3. The molecule has 4 aromatic carbocycles. The van der Waals surface area contributed by atoms with E-state index in [0.29, 0.717) is 11.4 Å². The van der Waals surface area contributed by atoms with Gasteiger partial charge in [0.1, 0.15) is 5.54 Å². The summed E-state index contributed by atoms with van der Waals surface area (Å²) in [7, 11) is 0. The van der Waals surface area contributed by atoms with Gasteiger partial charge < -0.3 is 0 Å². The quantitative estimate of drug-likeness (QED) is 0.334. The second-order valence-corrected chi connectivity index (χ2v) is 9.51. The minimum atomic E-state index is -0.891. The summed E-state index contributed by atoms with van der Waals surface area (Å²) in [5.74, 6) is -0.147. The smallest absolute Gasteiger partial charge is 0.192 e. The molecule has 2 atom stereocenters. The van der Waals surface area contributed by atoms with E-state index in [4.69, 9.17) is 16.7 Å². The van der Waals surface area contributed by atoms with Crippen molar-refractivity contribution in [1.82, 2.24) is 0 Å². The Kier molecular flexibility index (Phi) is 4.89. The van der Waals surface area contributed by atoms with Crippen molar-refractivity contribution in [3.63, 3.8) is 0 Å². The van der Waals surface area contributed by atoms with Gasteiger partial charge in [-0.25, -0.2) is 5.01 Å². The Morgan fingerprint density at radius 1 is 0.853 bits per heavy atom.